The lowest BCUT2D eigenvalue weighted by Gasteiger charge is -2.36. The highest BCUT2D eigenvalue weighted by Gasteiger charge is 2.52. The van der Waals surface area contributed by atoms with Gasteiger partial charge in [0.1, 0.15) is 6.10 Å². The molecule has 0 bridgehead atoms. The summed E-state index contributed by atoms with van der Waals surface area (Å²) in [6.45, 7) is 2.03. The topological polar surface area (TPSA) is 47.7 Å². The molecule has 0 saturated heterocycles. The zero-order chi connectivity index (χ0) is 14.6. The van der Waals surface area contributed by atoms with Crippen molar-refractivity contribution in [1.82, 2.24) is 4.90 Å². The Kier molecular flexibility index (Phi) is 2.81. The van der Waals surface area contributed by atoms with Crippen LogP contribution in [-0.4, -0.2) is 37.7 Å². The number of nitrogens with zero attached hydrogens (tertiary/aromatic N) is 1. The van der Waals surface area contributed by atoms with Gasteiger partial charge in [-0.05, 0) is 31.6 Å². The van der Waals surface area contributed by atoms with Crippen molar-refractivity contribution < 1.29 is 9.47 Å². The Labute approximate surface area is 125 Å². The molecule has 2 N–H and O–H groups in total. The highest BCUT2D eigenvalue weighted by molar-refractivity contribution is 5.61. The smallest absolute Gasteiger partial charge is 0.166 e. The van der Waals surface area contributed by atoms with Crippen LogP contribution in [0.25, 0.3) is 0 Å². The molecule has 2 aliphatic heterocycles. The Hall–Kier alpha value is -1.52. The first-order chi connectivity index (χ1) is 10.1. The third-order valence-electron chi connectivity index (χ3n) is 5.20. The van der Waals surface area contributed by atoms with Crippen molar-refractivity contribution in [3.8, 4) is 11.5 Å². The van der Waals surface area contributed by atoms with E-state index in [9.17, 15) is 0 Å². The van der Waals surface area contributed by atoms with Crippen LogP contribution in [0.1, 0.15) is 24.0 Å². The van der Waals surface area contributed by atoms with Gasteiger partial charge < -0.3 is 20.1 Å². The molecule has 0 aromatic heterocycles. The minimum Gasteiger partial charge on any atom is -0.493 e. The van der Waals surface area contributed by atoms with Gasteiger partial charge in [-0.25, -0.2) is 0 Å². The Morgan fingerprint density at radius 3 is 3.10 bits per heavy atom. The second kappa shape index (κ2) is 4.49. The molecule has 1 aromatic rings. The van der Waals surface area contributed by atoms with Crippen LogP contribution >= 0.6 is 0 Å². The van der Waals surface area contributed by atoms with E-state index in [2.05, 4.69) is 30.2 Å². The summed E-state index contributed by atoms with van der Waals surface area (Å²) in [6.07, 6.45) is 6.54. The van der Waals surface area contributed by atoms with Crippen LogP contribution < -0.4 is 15.2 Å². The predicted octanol–water partition coefficient (Wildman–Crippen LogP) is 1.82. The van der Waals surface area contributed by atoms with E-state index in [0.29, 0.717) is 0 Å². The van der Waals surface area contributed by atoms with Gasteiger partial charge in [-0.2, -0.15) is 0 Å². The lowest BCUT2D eigenvalue weighted by atomic mass is 9.69. The van der Waals surface area contributed by atoms with Crippen molar-refractivity contribution >= 4 is 0 Å². The van der Waals surface area contributed by atoms with Crippen molar-refractivity contribution in [2.24, 2.45) is 5.73 Å². The van der Waals surface area contributed by atoms with E-state index in [1.807, 2.05) is 6.07 Å². The highest BCUT2D eigenvalue weighted by atomic mass is 16.5. The maximum absolute atomic E-state index is 6.33. The molecule has 4 rings (SSSR count). The second-order valence-electron chi connectivity index (χ2n) is 6.52. The minimum absolute atomic E-state index is 0.0279. The number of hydrogen-bond donors (Lipinski definition) is 1. The third kappa shape index (κ3) is 1.75. The molecular formula is C17H22N2O2. The Bertz CT molecular complexity index is 613. The van der Waals surface area contributed by atoms with Crippen molar-refractivity contribution in [2.45, 2.75) is 36.9 Å². The van der Waals surface area contributed by atoms with E-state index in [1.165, 1.54) is 11.1 Å². The van der Waals surface area contributed by atoms with Gasteiger partial charge in [0.05, 0.1) is 12.5 Å². The number of nitrogens with two attached hydrogens (primary N) is 1. The van der Waals surface area contributed by atoms with Crippen molar-refractivity contribution in [3.05, 3.63) is 35.4 Å². The lowest BCUT2D eigenvalue weighted by molar-refractivity contribution is 0.134. The number of methoxy groups -OCH3 is 1. The molecule has 0 saturated carbocycles. The van der Waals surface area contributed by atoms with Crippen LogP contribution in [0, 0.1) is 0 Å². The molecule has 0 fully saturated rings. The normalized spacial score (nSPS) is 33.9. The van der Waals surface area contributed by atoms with Gasteiger partial charge in [-0.1, -0.05) is 18.2 Å². The zero-order valence-corrected chi connectivity index (χ0v) is 12.6. The fourth-order valence-electron chi connectivity index (χ4n) is 4.12. The molecule has 4 heteroatoms. The monoisotopic (exact) mass is 286 g/mol. The van der Waals surface area contributed by atoms with Crippen LogP contribution in [-0.2, 0) is 12.0 Å². The molecule has 21 heavy (non-hydrogen) atoms. The first kappa shape index (κ1) is 13.2. The van der Waals surface area contributed by atoms with E-state index in [1.54, 1.807) is 7.11 Å². The predicted molar refractivity (Wildman–Crippen MR) is 81.8 cm³/mol. The van der Waals surface area contributed by atoms with Gasteiger partial charge in [0, 0.05) is 24.6 Å². The maximum Gasteiger partial charge on any atom is 0.166 e. The molecule has 1 spiro atoms. The number of hydrogen-bond acceptors (Lipinski definition) is 4. The largest absolute Gasteiger partial charge is 0.493 e. The molecule has 2 heterocycles. The van der Waals surface area contributed by atoms with Crippen LogP contribution in [0.3, 0.4) is 0 Å². The van der Waals surface area contributed by atoms with E-state index in [4.69, 9.17) is 15.2 Å². The third-order valence-corrected chi connectivity index (χ3v) is 5.20. The molecule has 3 atom stereocenters. The fourth-order valence-corrected chi connectivity index (χ4v) is 4.12. The summed E-state index contributed by atoms with van der Waals surface area (Å²) in [5, 5.41) is 0. The van der Waals surface area contributed by atoms with Crippen LogP contribution in [0.2, 0.25) is 0 Å². The summed E-state index contributed by atoms with van der Waals surface area (Å²) in [5.74, 6) is 1.78. The average molecular weight is 286 g/mol. The molecule has 3 aliphatic rings. The Balaban J connectivity index is 1.95. The number of ether oxygens (including phenoxy) is 2. The Morgan fingerprint density at radius 2 is 2.29 bits per heavy atom. The van der Waals surface area contributed by atoms with E-state index in [-0.39, 0.29) is 17.6 Å². The van der Waals surface area contributed by atoms with Gasteiger partial charge in [0.2, 0.25) is 0 Å². The van der Waals surface area contributed by atoms with Gasteiger partial charge in [-0.15, -0.1) is 0 Å². The second-order valence-corrected chi connectivity index (χ2v) is 6.52. The summed E-state index contributed by atoms with van der Waals surface area (Å²) < 4.78 is 11.9. The molecule has 0 radical (unpaired) electrons. The van der Waals surface area contributed by atoms with E-state index >= 15 is 0 Å². The summed E-state index contributed by atoms with van der Waals surface area (Å²) in [5.41, 5.74) is 8.78. The molecule has 1 aliphatic carbocycles. The summed E-state index contributed by atoms with van der Waals surface area (Å²) >= 11 is 0. The molecule has 0 amide bonds. The number of rotatable bonds is 1. The lowest BCUT2D eigenvalue weighted by Crippen LogP contribution is -2.44. The first-order valence-corrected chi connectivity index (χ1v) is 7.64. The van der Waals surface area contributed by atoms with Crippen molar-refractivity contribution in [1.29, 1.82) is 0 Å². The van der Waals surface area contributed by atoms with Gasteiger partial charge >= 0.3 is 0 Å². The van der Waals surface area contributed by atoms with Crippen LogP contribution in [0.5, 0.6) is 11.5 Å². The van der Waals surface area contributed by atoms with E-state index < -0.39 is 0 Å². The average Bonchev–Trinajstić information content (AvgIpc) is 2.72. The van der Waals surface area contributed by atoms with Crippen molar-refractivity contribution in [2.75, 3.05) is 20.7 Å². The quantitative estimate of drug-likeness (QED) is 0.800. The standard InChI is InChI=1S/C17H22N2O2/c1-19-8-7-17-6-5-12(18)9-14(17)21-16-13(20-2)4-3-11(10-19)15(16)17/h3-6,12,14H,7-10,18H2,1-2H3/t12-,14?,17?/m0/s1. The van der Waals surface area contributed by atoms with Gasteiger partial charge in [-0.3, -0.25) is 0 Å². The molecule has 2 unspecified atom stereocenters. The maximum atomic E-state index is 6.33. The summed E-state index contributed by atoms with van der Waals surface area (Å²) in [4.78, 5) is 2.38. The highest BCUT2D eigenvalue weighted by Crippen LogP contribution is 2.55. The summed E-state index contributed by atoms with van der Waals surface area (Å²) in [7, 11) is 3.89. The fraction of sp³-hybridized carbons (Fsp3) is 0.529. The molecular weight excluding hydrogens is 264 g/mol. The number of benzene rings is 1. The SMILES string of the molecule is COc1ccc2c3c1OC1C[C@@H](N)C=CC31CCN(C)C2. The van der Waals surface area contributed by atoms with Gasteiger partial charge in [0.25, 0.3) is 0 Å². The minimum atomic E-state index is -0.0279. The van der Waals surface area contributed by atoms with Crippen LogP contribution in [0.4, 0.5) is 0 Å². The first-order valence-electron chi connectivity index (χ1n) is 7.64. The molecule has 1 aromatic carbocycles. The summed E-state index contributed by atoms with van der Waals surface area (Å²) in [6, 6.07) is 4.31. The Morgan fingerprint density at radius 1 is 1.43 bits per heavy atom. The van der Waals surface area contributed by atoms with Crippen LogP contribution in [0.15, 0.2) is 24.3 Å². The van der Waals surface area contributed by atoms with Crippen molar-refractivity contribution in [3.63, 3.8) is 0 Å². The van der Waals surface area contributed by atoms with Gasteiger partial charge in [0.15, 0.2) is 11.5 Å². The molecule has 112 valence electrons. The van der Waals surface area contributed by atoms with E-state index in [0.717, 1.165) is 37.4 Å². The molecule has 4 nitrogen and oxygen atoms in total. The zero-order valence-electron chi connectivity index (χ0n) is 12.6.